The lowest BCUT2D eigenvalue weighted by atomic mass is 9.99. The number of carbonyl (C=O) groups is 1. The van der Waals surface area contributed by atoms with Crippen LogP contribution >= 0.6 is 0 Å². The molecule has 0 spiro atoms. The Morgan fingerprint density at radius 3 is 2.75 bits per heavy atom. The van der Waals surface area contributed by atoms with Gasteiger partial charge in [0.1, 0.15) is 0 Å². The summed E-state index contributed by atoms with van der Waals surface area (Å²) in [6.07, 6.45) is 4.79. The SMILES string of the molecule is CNCC1CCCCN1C1CCN(C)C1=O. The number of likely N-dealkylation sites (tertiary alicyclic amines) is 2. The van der Waals surface area contributed by atoms with Crippen LogP contribution < -0.4 is 5.32 Å². The summed E-state index contributed by atoms with van der Waals surface area (Å²) >= 11 is 0. The van der Waals surface area contributed by atoms with E-state index in [2.05, 4.69) is 10.2 Å². The van der Waals surface area contributed by atoms with E-state index in [0.29, 0.717) is 11.9 Å². The quantitative estimate of drug-likeness (QED) is 0.750. The molecule has 2 aliphatic heterocycles. The lowest BCUT2D eigenvalue weighted by Crippen LogP contribution is -2.52. The van der Waals surface area contributed by atoms with Crippen molar-refractivity contribution in [1.29, 1.82) is 0 Å². The predicted molar refractivity (Wildman–Crippen MR) is 64.3 cm³/mol. The molecule has 92 valence electrons. The molecule has 1 N–H and O–H groups in total. The number of rotatable bonds is 3. The van der Waals surface area contributed by atoms with E-state index in [4.69, 9.17) is 0 Å². The van der Waals surface area contributed by atoms with Gasteiger partial charge in [-0.05, 0) is 32.9 Å². The molecule has 1 amide bonds. The van der Waals surface area contributed by atoms with E-state index in [9.17, 15) is 4.79 Å². The molecule has 2 rings (SSSR count). The number of piperidine rings is 1. The Morgan fingerprint density at radius 1 is 1.31 bits per heavy atom. The van der Waals surface area contributed by atoms with Gasteiger partial charge in [-0.25, -0.2) is 0 Å². The lowest BCUT2D eigenvalue weighted by molar-refractivity contribution is -0.132. The average Bonchev–Trinajstić information content (AvgIpc) is 2.61. The molecule has 0 radical (unpaired) electrons. The molecule has 0 aromatic heterocycles. The fraction of sp³-hybridized carbons (Fsp3) is 0.917. The summed E-state index contributed by atoms with van der Waals surface area (Å²) in [4.78, 5) is 16.3. The molecule has 2 saturated heterocycles. The Morgan fingerprint density at radius 2 is 2.12 bits per heavy atom. The first kappa shape index (κ1) is 11.9. The summed E-state index contributed by atoms with van der Waals surface area (Å²) < 4.78 is 0. The zero-order valence-electron chi connectivity index (χ0n) is 10.4. The standard InChI is InChI=1S/C12H23N3O/c1-13-9-10-5-3-4-7-15(10)11-6-8-14(2)12(11)16/h10-11,13H,3-9H2,1-2H3. The van der Waals surface area contributed by atoms with Crippen molar-refractivity contribution in [1.82, 2.24) is 15.1 Å². The van der Waals surface area contributed by atoms with E-state index in [-0.39, 0.29) is 6.04 Å². The molecule has 2 unspecified atom stereocenters. The maximum atomic E-state index is 12.0. The zero-order valence-corrected chi connectivity index (χ0v) is 10.4. The molecule has 4 heteroatoms. The molecule has 0 bridgehead atoms. The number of likely N-dealkylation sites (N-methyl/N-ethyl adjacent to an activating group) is 2. The Bertz CT molecular complexity index is 255. The van der Waals surface area contributed by atoms with Crippen molar-refractivity contribution >= 4 is 5.91 Å². The summed E-state index contributed by atoms with van der Waals surface area (Å²) in [6, 6.07) is 0.711. The van der Waals surface area contributed by atoms with Crippen LogP contribution in [0.3, 0.4) is 0 Å². The van der Waals surface area contributed by atoms with Crippen LogP contribution in [0.15, 0.2) is 0 Å². The fourth-order valence-electron chi connectivity index (χ4n) is 3.00. The number of nitrogens with zero attached hydrogens (tertiary/aromatic N) is 2. The van der Waals surface area contributed by atoms with Crippen molar-refractivity contribution in [3.05, 3.63) is 0 Å². The summed E-state index contributed by atoms with van der Waals surface area (Å²) in [6.45, 7) is 3.02. The van der Waals surface area contributed by atoms with Crippen molar-refractivity contribution in [2.75, 3.05) is 33.7 Å². The van der Waals surface area contributed by atoms with E-state index >= 15 is 0 Å². The van der Waals surface area contributed by atoms with E-state index in [1.54, 1.807) is 0 Å². The second-order valence-electron chi connectivity index (χ2n) is 5.01. The highest BCUT2D eigenvalue weighted by Gasteiger charge is 2.37. The Hall–Kier alpha value is -0.610. The van der Waals surface area contributed by atoms with Crippen molar-refractivity contribution < 1.29 is 4.79 Å². The van der Waals surface area contributed by atoms with E-state index < -0.39 is 0 Å². The maximum absolute atomic E-state index is 12.0. The van der Waals surface area contributed by atoms with Gasteiger partial charge in [0, 0.05) is 26.2 Å². The van der Waals surface area contributed by atoms with Crippen LogP contribution in [0, 0.1) is 0 Å². The van der Waals surface area contributed by atoms with Gasteiger partial charge < -0.3 is 10.2 Å². The molecule has 2 heterocycles. The Labute approximate surface area is 98.0 Å². The number of amides is 1. The minimum absolute atomic E-state index is 0.156. The topological polar surface area (TPSA) is 35.6 Å². The van der Waals surface area contributed by atoms with Gasteiger partial charge in [-0.1, -0.05) is 6.42 Å². The molecule has 0 aromatic rings. The second-order valence-corrected chi connectivity index (χ2v) is 5.01. The first-order valence-corrected chi connectivity index (χ1v) is 6.39. The Balaban J connectivity index is 2.02. The Kier molecular flexibility index (Phi) is 3.82. The van der Waals surface area contributed by atoms with Crippen molar-refractivity contribution in [3.63, 3.8) is 0 Å². The van der Waals surface area contributed by atoms with Crippen LogP contribution in [0.4, 0.5) is 0 Å². The van der Waals surface area contributed by atoms with Gasteiger partial charge in [0.05, 0.1) is 6.04 Å². The highest BCUT2D eigenvalue weighted by atomic mass is 16.2. The third kappa shape index (κ3) is 2.23. The maximum Gasteiger partial charge on any atom is 0.239 e. The van der Waals surface area contributed by atoms with Crippen LogP contribution in [0.1, 0.15) is 25.7 Å². The van der Waals surface area contributed by atoms with E-state index in [1.165, 1.54) is 19.3 Å². The van der Waals surface area contributed by atoms with Crippen molar-refractivity contribution in [3.8, 4) is 0 Å². The monoisotopic (exact) mass is 225 g/mol. The number of carbonyl (C=O) groups excluding carboxylic acids is 1. The fourth-order valence-corrected chi connectivity index (χ4v) is 3.00. The molecule has 2 fully saturated rings. The van der Waals surface area contributed by atoms with Crippen LogP contribution in [0.25, 0.3) is 0 Å². The van der Waals surface area contributed by atoms with Gasteiger partial charge in [0.25, 0.3) is 0 Å². The van der Waals surface area contributed by atoms with E-state index in [0.717, 1.165) is 26.1 Å². The normalized spacial score (nSPS) is 32.4. The van der Waals surface area contributed by atoms with Gasteiger partial charge in [-0.3, -0.25) is 9.69 Å². The summed E-state index contributed by atoms with van der Waals surface area (Å²) in [5.74, 6) is 0.322. The number of hydrogen-bond donors (Lipinski definition) is 1. The van der Waals surface area contributed by atoms with Gasteiger partial charge >= 0.3 is 0 Å². The van der Waals surface area contributed by atoms with E-state index in [1.807, 2.05) is 19.0 Å². The highest BCUT2D eigenvalue weighted by molar-refractivity contribution is 5.83. The smallest absolute Gasteiger partial charge is 0.239 e. The average molecular weight is 225 g/mol. The minimum Gasteiger partial charge on any atom is -0.344 e. The molecule has 16 heavy (non-hydrogen) atoms. The number of hydrogen-bond acceptors (Lipinski definition) is 3. The third-order valence-electron chi connectivity index (χ3n) is 3.91. The predicted octanol–water partition coefficient (Wildman–Crippen LogP) is 0.291. The lowest BCUT2D eigenvalue weighted by Gasteiger charge is -2.38. The summed E-state index contributed by atoms with van der Waals surface area (Å²) in [7, 11) is 3.91. The van der Waals surface area contributed by atoms with Gasteiger partial charge in [-0.2, -0.15) is 0 Å². The first-order valence-electron chi connectivity index (χ1n) is 6.39. The zero-order chi connectivity index (χ0) is 11.5. The van der Waals surface area contributed by atoms with Crippen LogP contribution in [0.5, 0.6) is 0 Å². The molecule has 0 aromatic carbocycles. The summed E-state index contributed by atoms with van der Waals surface area (Å²) in [5.41, 5.74) is 0. The van der Waals surface area contributed by atoms with Gasteiger partial charge in [0.15, 0.2) is 0 Å². The second kappa shape index (κ2) is 5.15. The molecule has 0 saturated carbocycles. The molecular weight excluding hydrogens is 202 g/mol. The molecule has 0 aliphatic carbocycles. The van der Waals surface area contributed by atoms with Crippen LogP contribution in [-0.2, 0) is 4.79 Å². The van der Waals surface area contributed by atoms with Crippen molar-refractivity contribution in [2.45, 2.75) is 37.8 Å². The largest absolute Gasteiger partial charge is 0.344 e. The highest BCUT2D eigenvalue weighted by Crippen LogP contribution is 2.24. The van der Waals surface area contributed by atoms with Crippen LogP contribution in [-0.4, -0.2) is 61.5 Å². The van der Waals surface area contributed by atoms with Gasteiger partial charge in [0.2, 0.25) is 5.91 Å². The first-order chi connectivity index (χ1) is 7.74. The number of nitrogens with one attached hydrogen (secondary N) is 1. The molecule has 2 atom stereocenters. The third-order valence-corrected chi connectivity index (χ3v) is 3.91. The molecule has 2 aliphatic rings. The summed E-state index contributed by atoms with van der Waals surface area (Å²) in [5, 5.41) is 3.25. The van der Waals surface area contributed by atoms with Crippen molar-refractivity contribution in [2.24, 2.45) is 0 Å². The minimum atomic E-state index is 0.156. The van der Waals surface area contributed by atoms with Gasteiger partial charge in [-0.15, -0.1) is 0 Å². The molecular formula is C12H23N3O. The molecule has 4 nitrogen and oxygen atoms in total. The van der Waals surface area contributed by atoms with Crippen LogP contribution in [0.2, 0.25) is 0 Å².